The fourth-order valence-electron chi connectivity index (χ4n) is 2.62. The van der Waals surface area contributed by atoms with Crippen LogP contribution in [0.4, 0.5) is 23.5 Å². The molecule has 1 atom stereocenters. The molecule has 0 amide bonds. The Morgan fingerprint density at radius 1 is 1.30 bits per heavy atom. The van der Waals surface area contributed by atoms with E-state index >= 15 is 0 Å². The number of Topliss-reactive ketones (excluding diaryl/α,β-unsaturated/α-hetero) is 1. The zero-order valence-electron chi connectivity index (χ0n) is 14.4. The molecule has 2 aromatic rings. The van der Waals surface area contributed by atoms with Crippen LogP contribution in [0.2, 0.25) is 0 Å². The molecule has 0 saturated heterocycles. The quantitative estimate of drug-likeness (QED) is 0.585. The molecule has 27 heavy (non-hydrogen) atoms. The summed E-state index contributed by atoms with van der Waals surface area (Å²) in [5.41, 5.74) is 5.00. The molecule has 0 fully saturated rings. The fourth-order valence-corrected chi connectivity index (χ4v) is 2.62. The van der Waals surface area contributed by atoms with E-state index in [2.05, 4.69) is 14.7 Å². The standard InChI is InChI=1S/C17H17F4N3O3/c1-8(2)10(6-13(25)12-7-15(26)24-16(22)23-12)9-3-4-14(11(18)5-9)27-17(19,20)21/h3-5,7-8,10H,6H2,1-2H3,(H3,22,23,24,26)/t10-/m1/s1. The molecule has 0 bridgehead atoms. The van der Waals surface area contributed by atoms with Crippen molar-refractivity contribution in [3.63, 3.8) is 0 Å². The summed E-state index contributed by atoms with van der Waals surface area (Å²) in [6, 6.07) is 4.03. The Bertz CT molecular complexity index is 894. The minimum atomic E-state index is -5.01. The van der Waals surface area contributed by atoms with Crippen molar-refractivity contribution in [2.24, 2.45) is 5.92 Å². The number of nitrogens with two attached hydrogens (primary N) is 1. The van der Waals surface area contributed by atoms with Gasteiger partial charge in [0.2, 0.25) is 5.95 Å². The van der Waals surface area contributed by atoms with Crippen molar-refractivity contribution in [3.05, 3.63) is 51.7 Å². The van der Waals surface area contributed by atoms with Crippen molar-refractivity contribution in [2.75, 3.05) is 5.73 Å². The zero-order chi connectivity index (χ0) is 20.4. The molecule has 2 rings (SSSR count). The third-order valence-corrected chi connectivity index (χ3v) is 3.87. The third kappa shape index (κ3) is 5.53. The predicted molar refractivity (Wildman–Crippen MR) is 88.9 cm³/mol. The third-order valence-electron chi connectivity index (χ3n) is 3.87. The van der Waals surface area contributed by atoms with Crippen LogP contribution in [0.5, 0.6) is 5.75 Å². The van der Waals surface area contributed by atoms with Gasteiger partial charge in [-0.15, -0.1) is 13.2 Å². The Balaban J connectivity index is 2.28. The van der Waals surface area contributed by atoms with Crippen LogP contribution in [0.15, 0.2) is 29.1 Å². The number of benzene rings is 1. The lowest BCUT2D eigenvalue weighted by molar-refractivity contribution is -0.275. The van der Waals surface area contributed by atoms with Crippen molar-refractivity contribution in [2.45, 2.75) is 32.5 Å². The second-order valence-corrected chi connectivity index (χ2v) is 6.23. The first-order valence-electron chi connectivity index (χ1n) is 7.91. The van der Waals surface area contributed by atoms with Crippen LogP contribution in [-0.2, 0) is 0 Å². The van der Waals surface area contributed by atoms with Gasteiger partial charge in [0.25, 0.3) is 5.56 Å². The van der Waals surface area contributed by atoms with Gasteiger partial charge in [-0.25, -0.2) is 9.37 Å². The number of alkyl halides is 3. The number of carbonyl (C=O) groups excluding carboxylic acids is 1. The smallest absolute Gasteiger partial charge is 0.403 e. The molecular formula is C17H17F4N3O3. The van der Waals surface area contributed by atoms with Gasteiger partial charge in [-0.05, 0) is 29.5 Å². The summed E-state index contributed by atoms with van der Waals surface area (Å²) in [4.78, 5) is 29.8. The number of halogens is 4. The van der Waals surface area contributed by atoms with Gasteiger partial charge in [-0.1, -0.05) is 19.9 Å². The topological polar surface area (TPSA) is 98.1 Å². The van der Waals surface area contributed by atoms with E-state index in [1.165, 1.54) is 6.07 Å². The molecule has 1 aromatic carbocycles. The molecule has 0 aliphatic heterocycles. The Labute approximate surface area is 151 Å². The van der Waals surface area contributed by atoms with E-state index in [1.54, 1.807) is 13.8 Å². The lowest BCUT2D eigenvalue weighted by atomic mass is 9.84. The number of rotatable bonds is 6. The summed E-state index contributed by atoms with van der Waals surface area (Å²) >= 11 is 0. The largest absolute Gasteiger partial charge is 0.573 e. The first kappa shape index (κ1) is 20.4. The van der Waals surface area contributed by atoms with Gasteiger partial charge in [-0.2, -0.15) is 0 Å². The number of nitrogens with one attached hydrogen (secondary N) is 1. The van der Waals surface area contributed by atoms with E-state index in [9.17, 15) is 27.2 Å². The van der Waals surface area contributed by atoms with E-state index in [4.69, 9.17) is 5.73 Å². The van der Waals surface area contributed by atoms with E-state index in [0.29, 0.717) is 5.56 Å². The summed E-state index contributed by atoms with van der Waals surface area (Å²) in [7, 11) is 0. The summed E-state index contributed by atoms with van der Waals surface area (Å²) in [6.07, 6.45) is -5.14. The highest BCUT2D eigenvalue weighted by atomic mass is 19.4. The monoisotopic (exact) mass is 387 g/mol. The number of ketones is 1. The SMILES string of the molecule is CC(C)[C@@H](CC(=O)c1cc(=O)[nH]c(N)n1)c1ccc(OC(F)(F)F)c(F)c1. The van der Waals surface area contributed by atoms with Crippen molar-refractivity contribution < 1.29 is 27.1 Å². The molecule has 0 unspecified atom stereocenters. The zero-order valence-corrected chi connectivity index (χ0v) is 14.4. The summed E-state index contributed by atoms with van der Waals surface area (Å²) < 4.78 is 54.4. The first-order valence-corrected chi connectivity index (χ1v) is 7.91. The van der Waals surface area contributed by atoms with E-state index in [-0.39, 0.29) is 24.0 Å². The van der Waals surface area contributed by atoms with Gasteiger partial charge < -0.3 is 10.5 Å². The second kappa shape index (κ2) is 7.77. The van der Waals surface area contributed by atoms with Crippen molar-refractivity contribution >= 4 is 11.7 Å². The number of nitrogens with zero attached hydrogens (tertiary/aromatic N) is 1. The molecule has 1 heterocycles. The molecule has 146 valence electrons. The van der Waals surface area contributed by atoms with Gasteiger partial charge in [0.15, 0.2) is 17.3 Å². The van der Waals surface area contributed by atoms with Gasteiger partial charge in [0.05, 0.1) is 0 Å². The second-order valence-electron chi connectivity index (χ2n) is 6.23. The van der Waals surface area contributed by atoms with E-state index in [1.807, 2.05) is 0 Å². The Morgan fingerprint density at radius 3 is 2.48 bits per heavy atom. The number of nitrogen functional groups attached to an aromatic ring is 1. The number of ether oxygens (including phenoxy) is 1. The minimum Gasteiger partial charge on any atom is -0.403 e. The van der Waals surface area contributed by atoms with Gasteiger partial charge >= 0.3 is 6.36 Å². The van der Waals surface area contributed by atoms with Gasteiger partial charge in [-0.3, -0.25) is 14.6 Å². The van der Waals surface area contributed by atoms with Crippen LogP contribution >= 0.6 is 0 Å². The maximum Gasteiger partial charge on any atom is 0.573 e. The lowest BCUT2D eigenvalue weighted by Gasteiger charge is -2.21. The number of aromatic nitrogens is 2. The Morgan fingerprint density at radius 2 is 1.96 bits per heavy atom. The molecular weight excluding hydrogens is 370 g/mol. The van der Waals surface area contributed by atoms with Crippen LogP contribution in [-0.4, -0.2) is 22.1 Å². The first-order chi connectivity index (χ1) is 12.5. The van der Waals surface area contributed by atoms with Crippen LogP contribution in [0.3, 0.4) is 0 Å². The highest BCUT2D eigenvalue weighted by molar-refractivity contribution is 5.94. The van der Waals surface area contributed by atoms with E-state index < -0.39 is 35.2 Å². The van der Waals surface area contributed by atoms with Crippen molar-refractivity contribution in [3.8, 4) is 5.75 Å². The van der Waals surface area contributed by atoms with Crippen molar-refractivity contribution in [1.29, 1.82) is 0 Å². The number of aromatic amines is 1. The minimum absolute atomic E-state index is 0.132. The molecule has 0 saturated carbocycles. The molecule has 0 aliphatic rings. The molecule has 0 radical (unpaired) electrons. The Hall–Kier alpha value is -2.91. The summed E-state index contributed by atoms with van der Waals surface area (Å²) in [5.74, 6) is -3.53. The van der Waals surface area contributed by atoms with Gasteiger partial charge in [0, 0.05) is 12.5 Å². The Kier molecular flexibility index (Phi) is 5.87. The number of hydrogen-bond donors (Lipinski definition) is 2. The number of carbonyl (C=O) groups is 1. The van der Waals surface area contributed by atoms with Crippen molar-refractivity contribution in [1.82, 2.24) is 9.97 Å². The number of H-pyrrole nitrogens is 1. The van der Waals surface area contributed by atoms with Crippen LogP contribution in [0, 0.1) is 11.7 Å². The predicted octanol–water partition coefficient (Wildman–Crippen LogP) is 3.40. The lowest BCUT2D eigenvalue weighted by Crippen LogP contribution is -2.19. The maximum absolute atomic E-state index is 14.0. The average molecular weight is 387 g/mol. The van der Waals surface area contributed by atoms with Gasteiger partial charge in [0.1, 0.15) is 5.69 Å². The number of hydrogen-bond acceptors (Lipinski definition) is 5. The summed E-state index contributed by atoms with van der Waals surface area (Å²) in [6.45, 7) is 3.55. The molecule has 6 nitrogen and oxygen atoms in total. The highest BCUT2D eigenvalue weighted by Crippen LogP contribution is 2.33. The van der Waals surface area contributed by atoms with Crippen LogP contribution in [0.1, 0.15) is 42.2 Å². The molecule has 1 aromatic heterocycles. The van der Waals surface area contributed by atoms with Crippen LogP contribution in [0.25, 0.3) is 0 Å². The summed E-state index contributed by atoms with van der Waals surface area (Å²) in [5, 5.41) is 0. The highest BCUT2D eigenvalue weighted by Gasteiger charge is 2.32. The molecule has 0 aliphatic carbocycles. The molecule has 0 spiro atoms. The molecule has 10 heteroatoms. The fraction of sp³-hybridized carbons (Fsp3) is 0.353. The maximum atomic E-state index is 14.0. The normalized spacial score (nSPS) is 12.9. The number of anilines is 1. The molecule has 3 N–H and O–H groups in total. The van der Waals surface area contributed by atoms with Crippen LogP contribution < -0.4 is 16.0 Å². The average Bonchev–Trinajstić information content (AvgIpc) is 2.52. The van der Waals surface area contributed by atoms with E-state index in [0.717, 1.165) is 18.2 Å².